The number of para-hydroxylation sites is 2. The van der Waals surface area contributed by atoms with Gasteiger partial charge in [0.25, 0.3) is 0 Å². The predicted molar refractivity (Wildman–Crippen MR) is 162 cm³/mol. The van der Waals surface area contributed by atoms with E-state index in [0.717, 1.165) is 21.6 Å². The van der Waals surface area contributed by atoms with Crippen LogP contribution in [0.2, 0.25) is 0 Å². The van der Waals surface area contributed by atoms with Gasteiger partial charge in [-0.25, -0.2) is 23.1 Å². The van der Waals surface area contributed by atoms with Gasteiger partial charge in [0.05, 0.1) is 22.0 Å². The molecule has 0 aliphatic carbocycles. The molecule has 0 fully saturated rings. The largest absolute Gasteiger partial charge is 0.473 e. The molecule has 38 heavy (non-hydrogen) atoms. The summed E-state index contributed by atoms with van der Waals surface area (Å²) in [5, 5.41) is 4.04. The number of rotatable bonds is 7. The molecule has 7 nitrogen and oxygen atoms in total. The lowest BCUT2D eigenvalue weighted by atomic mass is 10.2. The first-order valence-electron chi connectivity index (χ1n) is 12.1. The van der Waals surface area contributed by atoms with E-state index in [1.165, 1.54) is 23.1 Å². The second kappa shape index (κ2) is 15.3. The summed E-state index contributed by atoms with van der Waals surface area (Å²) in [7, 11) is -3.25. The van der Waals surface area contributed by atoms with Gasteiger partial charge in [-0.2, -0.15) is 0 Å². The number of hydrogen-bond donors (Lipinski definition) is 1. The van der Waals surface area contributed by atoms with Gasteiger partial charge in [0, 0.05) is 12.0 Å². The van der Waals surface area contributed by atoms with E-state index in [2.05, 4.69) is 9.71 Å². The summed E-state index contributed by atoms with van der Waals surface area (Å²) in [6.45, 7) is 11.4. The van der Waals surface area contributed by atoms with Crippen molar-refractivity contribution in [2.24, 2.45) is 5.92 Å². The number of carbonyl (C=O) groups excluding carboxylic acids is 1. The minimum Gasteiger partial charge on any atom is -0.473 e. The molecular weight excluding hydrogens is 559 g/mol. The van der Waals surface area contributed by atoms with Crippen molar-refractivity contribution in [3.63, 3.8) is 0 Å². The number of hydrogen-bond acceptors (Lipinski definition) is 9. The molecule has 4 rings (SSSR count). The van der Waals surface area contributed by atoms with Crippen molar-refractivity contribution in [2.75, 3.05) is 6.26 Å². The Morgan fingerprint density at radius 2 is 1.50 bits per heavy atom. The third kappa shape index (κ3) is 10.1. The zero-order valence-electron chi connectivity index (χ0n) is 22.7. The molecule has 0 spiro atoms. The van der Waals surface area contributed by atoms with Gasteiger partial charge in [-0.3, -0.25) is 4.79 Å². The average molecular weight is 594 g/mol. The van der Waals surface area contributed by atoms with Crippen LogP contribution in [0.25, 0.3) is 21.6 Å². The Labute approximate surface area is 238 Å². The molecule has 0 bridgehead atoms. The van der Waals surface area contributed by atoms with Crippen LogP contribution < -0.4 is 9.46 Å². The zero-order chi connectivity index (χ0) is 28.3. The quantitative estimate of drug-likeness (QED) is 0.244. The Hall–Kier alpha value is -2.31. The van der Waals surface area contributed by atoms with Crippen LogP contribution in [0.5, 0.6) is 5.88 Å². The van der Waals surface area contributed by atoms with Crippen molar-refractivity contribution in [1.29, 1.82) is 0 Å². The van der Waals surface area contributed by atoms with Gasteiger partial charge in [-0.05, 0) is 69.0 Å². The highest BCUT2D eigenvalue weighted by molar-refractivity contribution is 8.13. The Kier molecular flexibility index (Phi) is 12.9. The molecule has 0 saturated carbocycles. The molecule has 1 N–H and O–H groups in total. The Morgan fingerprint density at radius 1 is 0.895 bits per heavy atom. The summed E-state index contributed by atoms with van der Waals surface area (Å²) in [4.78, 5) is 20.8. The van der Waals surface area contributed by atoms with Crippen molar-refractivity contribution in [3.8, 4) is 16.5 Å². The summed E-state index contributed by atoms with van der Waals surface area (Å²) in [5.74, 6) is 0.797. The highest BCUT2D eigenvalue weighted by Gasteiger charge is 2.16. The predicted octanol–water partition coefficient (Wildman–Crippen LogP) is 7.11. The number of thioether (sulfide) groups is 1. The molecule has 0 unspecified atom stereocenters. The maximum Gasteiger partial charge on any atom is 0.250 e. The number of carbonyl (C=O) groups is 1. The van der Waals surface area contributed by atoms with Gasteiger partial charge < -0.3 is 4.74 Å². The molecule has 0 atom stereocenters. The standard InChI is InChI=1S/C15H14N2OS.C7H11NO2S2.C5H10OS/c1-10(2)18-15-14(13-8-5-9-19-13)16-11-6-3-4-7-12(11)17-15;1-6(2)8-12(9,10)7-4-3-5-11-7;1-4(2)5(6)7-3/h3-10H,1-2H3;3-6,8H,1-2H3;4H,1-3H3. The van der Waals surface area contributed by atoms with Crippen LogP contribution in [-0.2, 0) is 14.8 Å². The number of fused-ring (bicyclic) bond motifs is 1. The van der Waals surface area contributed by atoms with Gasteiger partial charge in [-0.15, -0.1) is 22.7 Å². The highest BCUT2D eigenvalue weighted by atomic mass is 32.2. The number of benzene rings is 1. The number of aromatic nitrogens is 2. The molecule has 0 amide bonds. The van der Waals surface area contributed by atoms with E-state index < -0.39 is 10.0 Å². The van der Waals surface area contributed by atoms with Crippen LogP contribution in [0.1, 0.15) is 41.5 Å². The molecule has 4 aromatic rings. The Bertz CT molecular complexity index is 1370. The smallest absolute Gasteiger partial charge is 0.250 e. The molecular formula is C27H35N3O4S4. The minimum atomic E-state index is -3.25. The summed E-state index contributed by atoms with van der Waals surface area (Å²) in [5.41, 5.74) is 2.57. The first-order valence-corrected chi connectivity index (χ1v) is 16.5. The van der Waals surface area contributed by atoms with Crippen LogP contribution in [0.3, 0.4) is 0 Å². The van der Waals surface area contributed by atoms with E-state index in [4.69, 9.17) is 9.72 Å². The lowest BCUT2D eigenvalue weighted by Crippen LogP contribution is -2.29. The van der Waals surface area contributed by atoms with E-state index in [-0.39, 0.29) is 23.2 Å². The van der Waals surface area contributed by atoms with Gasteiger partial charge in [0.1, 0.15) is 9.90 Å². The molecule has 3 heterocycles. The molecule has 206 valence electrons. The first-order chi connectivity index (χ1) is 17.9. The fourth-order valence-corrected chi connectivity index (χ4v) is 6.32. The van der Waals surface area contributed by atoms with Crippen molar-refractivity contribution < 1.29 is 17.9 Å². The monoisotopic (exact) mass is 593 g/mol. The topological polar surface area (TPSA) is 98.2 Å². The summed E-state index contributed by atoms with van der Waals surface area (Å²) < 4.78 is 31.5. The lowest BCUT2D eigenvalue weighted by Gasteiger charge is -2.12. The first kappa shape index (κ1) is 31.9. The fraction of sp³-hybridized carbons (Fsp3) is 0.370. The van der Waals surface area contributed by atoms with Crippen LogP contribution >= 0.6 is 34.4 Å². The molecule has 0 radical (unpaired) electrons. The number of thiophene rings is 2. The second-order valence-corrected chi connectivity index (χ2v) is 13.5. The molecule has 0 aliphatic heterocycles. The fourth-order valence-electron chi connectivity index (χ4n) is 2.88. The Balaban J connectivity index is 0.000000229. The third-order valence-electron chi connectivity index (χ3n) is 4.46. The number of nitrogens with zero attached hydrogens (tertiary/aromatic N) is 2. The maximum atomic E-state index is 11.4. The summed E-state index contributed by atoms with van der Waals surface area (Å²) in [6, 6.07) is 15.2. The number of sulfonamides is 1. The second-order valence-electron chi connectivity index (χ2n) is 8.90. The van der Waals surface area contributed by atoms with Crippen LogP contribution in [-0.4, -0.2) is 41.9 Å². The van der Waals surface area contributed by atoms with E-state index in [9.17, 15) is 13.2 Å². The SMILES string of the molecule is CC(C)NS(=O)(=O)c1cccs1.CC(C)Oc1nc2ccccc2nc1-c1cccs1.CSC(=O)C(C)C. The third-order valence-corrected chi connectivity index (χ3v) is 9.27. The van der Waals surface area contributed by atoms with Gasteiger partial charge in [0.15, 0.2) is 5.12 Å². The minimum absolute atomic E-state index is 0.0582. The van der Waals surface area contributed by atoms with Crippen LogP contribution in [0.4, 0.5) is 0 Å². The Morgan fingerprint density at radius 3 is 1.95 bits per heavy atom. The van der Waals surface area contributed by atoms with Gasteiger partial charge >= 0.3 is 0 Å². The van der Waals surface area contributed by atoms with Gasteiger partial charge in [-0.1, -0.05) is 49.9 Å². The normalized spacial score (nSPS) is 11.2. The molecule has 3 aromatic heterocycles. The number of ether oxygens (including phenoxy) is 1. The van der Waals surface area contributed by atoms with E-state index >= 15 is 0 Å². The van der Waals surface area contributed by atoms with E-state index in [1.807, 2.05) is 75.7 Å². The van der Waals surface area contributed by atoms with Crippen LogP contribution in [0.15, 0.2) is 63.5 Å². The molecule has 1 aromatic carbocycles. The molecule has 0 saturated heterocycles. The lowest BCUT2D eigenvalue weighted by molar-refractivity contribution is -0.113. The van der Waals surface area contributed by atoms with Gasteiger partial charge in [0.2, 0.25) is 15.9 Å². The maximum absolute atomic E-state index is 11.4. The van der Waals surface area contributed by atoms with E-state index in [0.29, 0.717) is 10.1 Å². The zero-order valence-corrected chi connectivity index (χ0v) is 25.9. The average Bonchev–Trinajstić information content (AvgIpc) is 3.58. The van der Waals surface area contributed by atoms with Crippen molar-refractivity contribution >= 4 is 60.6 Å². The molecule has 0 aliphatic rings. The number of nitrogens with one attached hydrogen (secondary N) is 1. The van der Waals surface area contributed by atoms with Crippen LogP contribution in [0, 0.1) is 5.92 Å². The van der Waals surface area contributed by atoms with Crippen molar-refractivity contribution in [2.45, 2.75) is 57.9 Å². The molecule has 11 heteroatoms. The summed E-state index contributed by atoms with van der Waals surface area (Å²) >= 11 is 4.16. The summed E-state index contributed by atoms with van der Waals surface area (Å²) in [6.07, 6.45) is 1.89. The van der Waals surface area contributed by atoms with Crippen molar-refractivity contribution in [1.82, 2.24) is 14.7 Å². The van der Waals surface area contributed by atoms with E-state index in [1.54, 1.807) is 42.7 Å². The highest BCUT2D eigenvalue weighted by Crippen LogP contribution is 2.32. The van der Waals surface area contributed by atoms with Crippen molar-refractivity contribution in [3.05, 3.63) is 59.3 Å².